The van der Waals surface area contributed by atoms with Crippen molar-refractivity contribution in [3.63, 3.8) is 0 Å². The number of carbonyl (C=O) groups is 1. The third kappa shape index (κ3) is 2.94. The maximum atomic E-state index is 10.6. The number of nitrogens with two attached hydrogens (primary N) is 1. The van der Waals surface area contributed by atoms with Crippen molar-refractivity contribution in [3.8, 4) is 0 Å². The molecule has 0 aromatic heterocycles. The number of hydrogen-bond donors (Lipinski definition) is 2. The van der Waals surface area contributed by atoms with Crippen LogP contribution in [0.25, 0.3) is 0 Å². The second-order valence-corrected chi connectivity index (χ2v) is 4.63. The molecule has 0 bridgehead atoms. The van der Waals surface area contributed by atoms with Gasteiger partial charge in [0.25, 0.3) is 0 Å². The molecule has 0 aromatic rings. The zero-order valence-electron chi connectivity index (χ0n) is 9.04. The average Bonchev–Trinajstić information content (AvgIpc) is 2.94. The van der Waals surface area contributed by atoms with Crippen molar-refractivity contribution >= 4 is 11.7 Å². The highest BCUT2D eigenvalue weighted by Gasteiger charge is 2.40. The van der Waals surface area contributed by atoms with Crippen molar-refractivity contribution in [1.82, 2.24) is 5.43 Å². The van der Waals surface area contributed by atoms with Crippen molar-refractivity contribution in [2.45, 2.75) is 44.9 Å². The van der Waals surface area contributed by atoms with E-state index in [0.29, 0.717) is 5.92 Å². The second kappa shape index (κ2) is 4.64. The van der Waals surface area contributed by atoms with Gasteiger partial charge in [0.1, 0.15) is 0 Å². The molecule has 2 atom stereocenters. The summed E-state index contributed by atoms with van der Waals surface area (Å²) in [5.41, 5.74) is 8.55. The van der Waals surface area contributed by atoms with E-state index in [1.165, 1.54) is 44.2 Å². The van der Waals surface area contributed by atoms with Gasteiger partial charge in [-0.05, 0) is 31.6 Å². The zero-order chi connectivity index (χ0) is 10.7. The molecule has 84 valence electrons. The number of carbonyl (C=O) groups excluding carboxylic acids is 1. The molecule has 15 heavy (non-hydrogen) atoms. The number of nitrogens with one attached hydrogen (secondary N) is 1. The van der Waals surface area contributed by atoms with Crippen LogP contribution in [0.15, 0.2) is 5.10 Å². The number of fused-ring (bicyclic) bond motifs is 1. The first-order chi connectivity index (χ1) is 7.27. The molecule has 2 amide bonds. The van der Waals surface area contributed by atoms with Crippen LogP contribution in [0, 0.1) is 11.8 Å². The summed E-state index contributed by atoms with van der Waals surface area (Å²) in [5, 5.41) is 4.14. The van der Waals surface area contributed by atoms with Gasteiger partial charge in [0.05, 0.1) is 0 Å². The Morgan fingerprint density at radius 3 is 2.93 bits per heavy atom. The standard InChI is InChI=1S/C11H19N3O/c12-11(15)14-13-10-6-4-2-1-3-5-8-7-9(8)10/h8-9H,1-7H2,(H3,12,14,15)/t8-,9-/m0/s1. The number of urea groups is 1. The Bertz CT molecular complexity index is 275. The minimum absolute atomic E-state index is 0.556. The number of nitrogens with zero attached hydrogens (tertiary/aromatic N) is 1. The summed E-state index contributed by atoms with van der Waals surface area (Å²) in [4.78, 5) is 10.6. The molecule has 0 spiro atoms. The molecule has 0 unspecified atom stereocenters. The molecule has 0 radical (unpaired) electrons. The molecule has 2 rings (SSSR count). The van der Waals surface area contributed by atoms with Crippen molar-refractivity contribution in [3.05, 3.63) is 0 Å². The van der Waals surface area contributed by atoms with E-state index in [1.807, 2.05) is 0 Å². The van der Waals surface area contributed by atoms with Crippen LogP contribution < -0.4 is 11.2 Å². The van der Waals surface area contributed by atoms with Crippen LogP contribution >= 0.6 is 0 Å². The minimum atomic E-state index is -0.556. The first-order valence-corrected chi connectivity index (χ1v) is 5.89. The second-order valence-electron chi connectivity index (χ2n) is 4.63. The Hall–Kier alpha value is -1.06. The molecule has 0 aliphatic heterocycles. The molecule has 4 heteroatoms. The molecular weight excluding hydrogens is 190 g/mol. The maximum absolute atomic E-state index is 10.6. The fraction of sp³-hybridized carbons (Fsp3) is 0.818. The van der Waals surface area contributed by atoms with E-state index >= 15 is 0 Å². The maximum Gasteiger partial charge on any atom is 0.332 e. The van der Waals surface area contributed by atoms with Gasteiger partial charge in [0.2, 0.25) is 0 Å². The molecule has 4 nitrogen and oxygen atoms in total. The molecular formula is C11H19N3O. The lowest BCUT2D eigenvalue weighted by atomic mass is 10.1. The van der Waals surface area contributed by atoms with Gasteiger partial charge in [0, 0.05) is 11.6 Å². The van der Waals surface area contributed by atoms with Crippen LogP contribution in [-0.2, 0) is 0 Å². The van der Waals surface area contributed by atoms with E-state index in [4.69, 9.17) is 5.73 Å². The summed E-state index contributed by atoms with van der Waals surface area (Å²) in [7, 11) is 0. The first kappa shape index (κ1) is 10.5. The van der Waals surface area contributed by atoms with E-state index in [2.05, 4.69) is 10.5 Å². The lowest BCUT2D eigenvalue weighted by molar-refractivity contribution is 0.249. The van der Waals surface area contributed by atoms with Gasteiger partial charge in [-0.25, -0.2) is 10.2 Å². The third-order valence-corrected chi connectivity index (χ3v) is 3.42. The molecule has 0 heterocycles. The zero-order valence-corrected chi connectivity index (χ0v) is 9.04. The van der Waals surface area contributed by atoms with Gasteiger partial charge >= 0.3 is 6.03 Å². The van der Waals surface area contributed by atoms with Gasteiger partial charge in [-0.1, -0.05) is 19.3 Å². The Labute approximate surface area is 90.3 Å². The quantitative estimate of drug-likeness (QED) is 0.637. The topological polar surface area (TPSA) is 67.5 Å². The lowest BCUT2D eigenvalue weighted by Crippen LogP contribution is -2.26. The van der Waals surface area contributed by atoms with Gasteiger partial charge in [-0.2, -0.15) is 5.10 Å². The van der Waals surface area contributed by atoms with Crippen LogP contribution in [0.2, 0.25) is 0 Å². The van der Waals surface area contributed by atoms with Crippen LogP contribution in [-0.4, -0.2) is 11.7 Å². The summed E-state index contributed by atoms with van der Waals surface area (Å²) in [6, 6.07) is -0.556. The molecule has 2 aliphatic carbocycles. The summed E-state index contributed by atoms with van der Waals surface area (Å²) >= 11 is 0. The van der Waals surface area contributed by atoms with Gasteiger partial charge in [0.15, 0.2) is 0 Å². The van der Waals surface area contributed by atoms with E-state index in [1.54, 1.807) is 0 Å². The van der Waals surface area contributed by atoms with Gasteiger partial charge < -0.3 is 5.73 Å². The van der Waals surface area contributed by atoms with Crippen LogP contribution in [0.5, 0.6) is 0 Å². The molecule has 3 N–H and O–H groups in total. The Morgan fingerprint density at radius 1 is 1.33 bits per heavy atom. The fourth-order valence-electron chi connectivity index (χ4n) is 2.49. The van der Waals surface area contributed by atoms with E-state index < -0.39 is 6.03 Å². The number of rotatable bonds is 1. The largest absolute Gasteiger partial charge is 0.350 e. The highest BCUT2D eigenvalue weighted by Crippen LogP contribution is 2.45. The Kier molecular flexibility index (Phi) is 3.23. The number of hydrogen-bond acceptors (Lipinski definition) is 2. The number of primary amides is 1. The van der Waals surface area contributed by atoms with Gasteiger partial charge in [-0.15, -0.1) is 0 Å². The lowest BCUT2D eigenvalue weighted by Gasteiger charge is -2.04. The van der Waals surface area contributed by atoms with Crippen LogP contribution in [0.1, 0.15) is 44.9 Å². The van der Waals surface area contributed by atoms with Crippen molar-refractivity contribution in [2.75, 3.05) is 0 Å². The van der Waals surface area contributed by atoms with Crippen molar-refractivity contribution < 1.29 is 4.79 Å². The first-order valence-electron chi connectivity index (χ1n) is 5.89. The fourth-order valence-corrected chi connectivity index (χ4v) is 2.49. The molecule has 2 fully saturated rings. The number of hydrazone groups is 1. The van der Waals surface area contributed by atoms with Crippen molar-refractivity contribution in [1.29, 1.82) is 0 Å². The molecule has 0 aromatic carbocycles. The Balaban J connectivity index is 1.95. The molecule has 2 aliphatic rings. The van der Waals surface area contributed by atoms with E-state index in [9.17, 15) is 4.79 Å². The Morgan fingerprint density at radius 2 is 2.13 bits per heavy atom. The smallest absolute Gasteiger partial charge is 0.332 e. The average molecular weight is 209 g/mol. The van der Waals surface area contributed by atoms with Crippen molar-refractivity contribution in [2.24, 2.45) is 22.7 Å². The summed E-state index contributed by atoms with van der Waals surface area (Å²) in [6.45, 7) is 0. The summed E-state index contributed by atoms with van der Waals surface area (Å²) in [6.07, 6.45) is 8.82. The highest BCUT2D eigenvalue weighted by molar-refractivity contribution is 5.90. The summed E-state index contributed by atoms with van der Waals surface area (Å²) < 4.78 is 0. The van der Waals surface area contributed by atoms with Crippen LogP contribution in [0.4, 0.5) is 4.79 Å². The predicted molar refractivity (Wildman–Crippen MR) is 59.5 cm³/mol. The monoisotopic (exact) mass is 209 g/mol. The molecule has 2 saturated carbocycles. The third-order valence-electron chi connectivity index (χ3n) is 3.42. The summed E-state index contributed by atoms with van der Waals surface area (Å²) in [5.74, 6) is 1.46. The predicted octanol–water partition coefficient (Wildman–Crippen LogP) is 2.00. The normalized spacial score (nSPS) is 33.5. The van der Waals surface area contributed by atoms with Crippen LogP contribution in [0.3, 0.4) is 0 Å². The highest BCUT2D eigenvalue weighted by atomic mass is 16.2. The minimum Gasteiger partial charge on any atom is -0.350 e. The number of amides is 2. The SMILES string of the molecule is NC(=O)NN=C1CCCCCC[C@H]2C[C@H]12. The van der Waals surface area contributed by atoms with Gasteiger partial charge in [-0.3, -0.25) is 0 Å². The molecule has 0 saturated heterocycles. The van der Waals surface area contributed by atoms with E-state index in [0.717, 1.165) is 12.3 Å². The van der Waals surface area contributed by atoms with E-state index in [-0.39, 0.29) is 0 Å².